The van der Waals surface area contributed by atoms with Gasteiger partial charge in [-0.05, 0) is 41.1 Å². The van der Waals surface area contributed by atoms with E-state index < -0.39 is 6.43 Å². The molecule has 2 nitrogen and oxygen atoms in total. The number of hydrogen-bond acceptors (Lipinski definition) is 2. The summed E-state index contributed by atoms with van der Waals surface area (Å²) in [6, 6.07) is 1.34. The molecule has 0 aliphatic rings. The van der Waals surface area contributed by atoms with Crippen molar-refractivity contribution in [3.63, 3.8) is 0 Å². The van der Waals surface area contributed by atoms with Gasteiger partial charge in [-0.1, -0.05) is 0 Å². The molecule has 0 aliphatic heterocycles. The van der Waals surface area contributed by atoms with Crippen LogP contribution in [0.2, 0.25) is 0 Å². The molecule has 1 rings (SSSR count). The van der Waals surface area contributed by atoms with Crippen molar-refractivity contribution in [3.05, 3.63) is 21.0 Å². The summed E-state index contributed by atoms with van der Waals surface area (Å²) < 4.78 is 30.0. The Kier molecular flexibility index (Phi) is 3.40. The van der Waals surface area contributed by atoms with Crippen LogP contribution in [0.4, 0.5) is 8.78 Å². The molecule has 0 fully saturated rings. The number of nitrogens with zero attached hydrogens (tertiary/aromatic N) is 1. The normalized spacial score (nSPS) is 10.6. The number of alkyl halides is 2. The highest BCUT2D eigenvalue weighted by Gasteiger charge is 2.14. The van der Waals surface area contributed by atoms with E-state index in [1.807, 2.05) is 22.6 Å². The van der Waals surface area contributed by atoms with Crippen LogP contribution in [0.1, 0.15) is 17.7 Å². The van der Waals surface area contributed by atoms with Crippen LogP contribution in [0.15, 0.2) is 6.07 Å². The van der Waals surface area contributed by atoms with Gasteiger partial charge in [-0.3, -0.25) is 0 Å². The standard InChI is InChI=1S/C8H8F2INO/c1-4-3-5(7(9)10)12-8(11)6(4)13-2/h3,7H,1-2H3. The van der Waals surface area contributed by atoms with Crippen molar-refractivity contribution in [2.24, 2.45) is 0 Å². The number of hydrogen-bond donors (Lipinski definition) is 0. The molecule has 72 valence electrons. The molecule has 0 bridgehead atoms. The van der Waals surface area contributed by atoms with Crippen molar-refractivity contribution in [1.82, 2.24) is 4.98 Å². The lowest BCUT2D eigenvalue weighted by Gasteiger charge is -2.08. The Hall–Kier alpha value is -0.460. The minimum absolute atomic E-state index is 0.206. The third-order valence-electron chi connectivity index (χ3n) is 1.56. The quantitative estimate of drug-likeness (QED) is 0.619. The van der Waals surface area contributed by atoms with Gasteiger partial charge in [0.1, 0.15) is 9.39 Å². The van der Waals surface area contributed by atoms with Crippen LogP contribution < -0.4 is 4.74 Å². The SMILES string of the molecule is COc1c(C)cc(C(F)F)nc1I. The first-order valence-corrected chi connectivity index (χ1v) is 4.63. The van der Waals surface area contributed by atoms with Crippen molar-refractivity contribution >= 4 is 22.6 Å². The minimum atomic E-state index is -2.53. The highest BCUT2D eigenvalue weighted by molar-refractivity contribution is 14.1. The minimum Gasteiger partial charge on any atom is -0.494 e. The first-order chi connectivity index (χ1) is 6.06. The van der Waals surface area contributed by atoms with Gasteiger partial charge in [0.05, 0.1) is 7.11 Å². The molecular formula is C8H8F2INO. The van der Waals surface area contributed by atoms with E-state index in [4.69, 9.17) is 4.74 Å². The van der Waals surface area contributed by atoms with Crippen LogP contribution in [0, 0.1) is 10.6 Å². The highest BCUT2D eigenvalue weighted by atomic mass is 127. The Morgan fingerprint density at radius 2 is 2.15 bits per heavy atom. The summed E-state index contributed by atoms with van der Waals surface area (Å²) in [5.74, 6) is 0.560. The lowest BCUT2D eigenvalue weighted by atomic mass is 10.2. The van der Waals surface area contributed by atoms with Gasteiger partial charge in [-0.25, -0.2) is 13.8 Å². The molecule has 0 atom stereocenters. The summed E-state index contributed by atoms with van der Waals surface area (Å²) >= 11 is 1.88. The predicted octanol–water partition coefficient (Wildman–Crippen LogP) is 2.94. The Morgan fingerprint density at radius 3 is 2.54 bits per heavy atom. The molecular weight excluding hydrogens is 291 g/mol. The van der Waals surface area contributed by atoms with E-state index >= 15 is 0 Å². The maximum absolute atomic E-state index is 12.3. The third-order valence-corrected chi connectivity index (χ3v) is 2.30. The van der Waals surface area contributed by atoms with Gasteiger partial charge in [-0.15, -0.1) is 0 Å². The van der Waals surface area contributed by atoms with Gasteiger partial charge in [-0.2, -0.15) is 0 Å². The summed E-state index contributed by atoms with van der Waals surface area (Å²) in [6.07, 6.45) is -2.53. The molecule has 0 saturated heterocycles. The van der Waals surface area contributed by atoms with E-state index in [1.165, 1.54) is 13.2 Å². The number of aryl methyl sites for hydroxylation is 1. The van der Waals surface area contributed by atoms with E-state index in [0.29, 0.717) is 15.0 Å². The van der Waals surface area contributed by atoms with Gasteiger partial charge in [0.2, 0.25) is 0 Å². The summed E-state index contributed by atoms with van der Waals surface area (Å²) in [5.41, 5.74) is 0.472. The Morgan fingerprint density at radius 1 is 1.54 bits per heavy atom. The lowest BCUT2D eigenvalue weighted by molar-refractivity contribution is 0.145. The van der Waals surface area contributed by atoms with Crippen LogP contribution in [-0.2, 0) is 0 Å². The van der Waals surface area contributed by atoms with Crippen LogP contribution in [0.3, 0.4) is 0 Å². The average Bonchev–Trinajstić information content (AvgIpc) is 2.03. The van der Waals surface area contributed by atoms with Crippen molar-refractivity contribution in [2.45, 2.75) is 13.3 Å². The molecule has 13 heavy (non-hydrogen) atoms. The summed E-state index contributed by atoms with van der Waals surface area (Å²) in [4.78, 5) is 3.72. The van der Waals surface area contributed by atoms with Crippen molar-refractivity contribution < 1.29 is 13.5 Å². The predicted molar refractivity (Wildman–Crippen MR) is 53.2 cm³/mol. The fourth-order valence-corrected chi connectivity index (χ4v) is 1.93. The number of pyridine rings is 1. The number of halogens is 3. The van der Waals surface area contributed by atoms with Crippen LogP contribution in [-0.4, -0.2) is 12.1 Å². The van der Waals surface area contributed by atoms with Crippen LogP contribution in [0.25, 0.3) is 0 Å². The Balaban J connectivity index is 3.20. The molecule has 0 aliphatic carbocycles. The third kappa shape index (κ3) is 2.26. The van der Waals surface area contributed by atoms with Gasteiger partial charge in [0.15, 0.2) is 5.75 Å². The largest absolute Gasteiger partial charge is 0.494 e. The first kappa shape index (κ1) is 10.6. The van der Waals surface area contributed by atoms with Crippen LogP contribution in [0.5, 0.6) is 5.75 Å². The van der Waals surface area contributed by atoms with E-state index in [0.717, 1.165) is 0 Å². The molecule has 0 N–H and O–H groups in total. The number of methoxy groups -OCH3 is 1. The molecule has 0 spiro atoms. The van der Waals surface area contributed by atoms with Gasteiger partial charge in [0, 0.05) is 0 Å². The molecule has 0 saturated carbocycles. The maximum Gasteiger partial charge on any atom is 0.280 e. The van der Waals surface area contributed by atoms with Gasteiger partial charge < -0.3 is 4.74 Å². The second kappa shape index (κ2) is 4.17. The molecule has 5 heteroatoms. The van der Waals surface area contributed by atoms with Crippen molar-refractivity contribution in [3.8, 4) is 5.75 Å². The summed E-state index contributed by atoms with van der Waals surface area (Å²) in [6.45, 7) is 1.72. The fourth-order valence-electron chi connectivity index (χ4n) is 1.00. The lowest BCUT2D eigenvalue weighted by Crippen LogP contribution is -1.98. The molecule has 0 radical (unpaired) electrons. The monoisotopic (exact) mass is 299 g/mol. The molecule has 0 amide bonds. The highest BCUT2D eigenvalue weighted by Crippen LogP contribution is 2.27. The number of ether oxygens (including phenoxy) is 1. The summed E-state index contributed by atoms with van der Waals surface area (Å²) in [5, 5.41) is 0. The zero-order valence-corrected chi connectivity index (χ0v) is 9.30. The molecule has 1 aromatic heterocycles. The number of aromatic nitrogens is 1. The van der Waals surface area contributed by atoms with Gasteiger partial charge >= 0.3 is 0 Å². The van der Waals surface area contributed by atoms with Crippen LogP contribution >= 0.6 is 22.6 Å². The molecule has 0 unspecified atom stereocenters. The molecule has 1 heterocycles. The average molecular weight is 299 g/mol. The zero-order valence-electron chi connectivity index (χ0n) is 7.14. The second-order valence-electron chi connectivity index (χ2n) is 2.49. The topological polar surface area (TPSA) is 22.1 Å². The van der Waals surface area contributed by atoms with Crippen molar-refractivity contribution in [1.29, 1.82) is 0 Å². The molecule has 0 aromatic carbocycles. The van der Waals surface area contributed by atoms with E-state index in [1.54, 1.807) is 6.92 Å². The summed E-state index contributed by atoms with van der Waals surface area (Å²) in [7, 11) is 1.49. The zero-order chi connectivity index (χ0) is 10.0. The Labute approximate surface area is 88.5 Å². The van der Waals surface area contributed by atoms with E-state index in [-0.39, 0.29) is 5.69 Å². The Bertz CT molecular complexity index is 294. The maximum atomic E-state index is 12.3. The van der Waals surface area contributed by atoms with Gasteiger partial charge in [0.25, 0.3) is 6.43 Å². The van der Waals surface area contributed by atoms with E-state index in [9.17, 15) is 8.78 Å². The first-order valence-electron chi connectivity index (χ1n) is 3.55. The van der Waals surface area contributed by atoms with E-state index in [2.05, 4.69) is 4.98 Å². The smallest absolute Gasteiger partial charge is 0.280 e. The van der Waals surface area contributed by atoms with Crippen molar-refractivity contribution in [2.75, 3.05) is 7.11 Å². The second-order valence-corrected chi connectivity index (χ2v) is 3.51. The molecule has 1 aromatic rings. The fraction of sp³-hybridized carbons (Fsp3) is 0.375. The number of rotatable bonds is 2.